The van der Waals surface area contributed by atoms with Gasteiger partial charge in [0, 0.05) is 136 Å². The zero-order valence-corrected chi connectivity index (χ0v) is 43.7. The minimum absolute atomic E-state index is 0.0789. The van der Waals surface area contributed by atoms with Gasteiger partial charge in [0.2, 0.25) is 5.88 Å². The fourth-order valence-corrected chi connectivity index (χ4v) is 12.3. The molecule has 9 rings (SSSR count). The summed E-state index contributed by atoms with van der Waals surface area (Å²) in [5.74, 6) is 3.71. The molecule has 0 spiro atoms. The van der Waals surface area contributed by atoms with Crippen LogP contribution in [0.15, 0.2) is 73.1 Å². The van der Waals surface area contributed by atoms with Crippen molar-refractivity contribution in [1.29, 1.82) is 5.26 Å². The highest BCUT2D eigenvalue weighted by Crippen LogP contribution is 2.55. The molecule has 4 aliphatic rings. The Morgan fingerprint density at radius 2 is 1.68 bits per heavy atom. The van der Waals surface area contributed by atoms with Gasteiger partial charge in [-0.2, -0.15) is 14.9 Å². The molecule has 15 nitrogen and oxygen atoms in total. The first-order chi connectivity index (χ1) is 34.8. The monoisotopic (exact) mass is 1000 g/mol. The van der Waals surface area contributed by atoms with Gasteiger partial charge >= 0.3 is 0 Å². The molecule has 0 bridgehead atoms. The van der Waals surface area contributed by atoms with Crippen LogP contribution in [0, 0.1) is 28.1 Å². The normalized spacial score (nSPS) is 21.5. The average Bonchev–Trinajstić information content (AvgIpc) is 3.82. The van der Waals surface area contributed by atoms with Crippen LogP contribution in [0.1, 0.15) is 107 Å². The summed E-state index contributed by atoms with van der Waals surface area (Å²) in [5.41, 5.74) is 4.63. The number of halogens is 1. The highest BCUT2D eigenvalue weighted by molar-refractivity contribution is 6.31. The minimum atomic E-state index is -0.329. The third kappa shape index (κ3) is 11.4. The number of piperidine rings is 2. The highest BCUT2D eigenvalue weighted by atomic mass is 35.5. The van der Waals surface area contributed by atoms with Crippen molar-refractivity contribution < 1.29 is 19.4 Å². The zero-order valence-electron chi connectivity index (χ0n) is 43.0. The molecular formula is C56H74ClN11O4. The maximum Gasteiger partial charge on any atom is 0.251 e. The number of pyridine rings is 1. The summed E-state index contributed by atoms with van der Waals surface area (Å²) < 4.78 is 14.4. The van der Waals surface area contributed by atoms with E-state index in [4.69, 9.17) is 26.1 Å². The second kappa shape index (κ2) is 22.6. The number of aromatic nitrogens is 4. The number of amides is 1. The summed E-state index contributed by atoms with van der Waals surface area (Å²) in [4.78, 5) is 33.3. The smallest absolute Gasteiger partial charge is 0.251 e. The SMILES string of the molecule is CCc1cnn2c(NCc3ccc(OCCCN4CCN(CC5CCN(c6ccc(C(=O)NC7C(C)(C)C(Oc8ccc(C#N)c(Cl)c8)C7(C)C)cc6)CC5)CC4)nc3)cc(N3CCCCC3CCO)nc12. The van der Waals surface area contributed by atoms with Gasteiger partial charge in [-0.25, -0.2) is 9.97 Å². The Kier molecular flexibility index (Phi) is 16.1. The Hall–Kier alpha value is -5.66. The topological polar surface area (TPSA) is 160 Å². The molecule has 3 saturated heterocycles. The standard InChI is InChI=1S/C56H74ClN11O4/c1-6-41-37-61-68-48(33-49(62-51(41)68)67-23-8-7-10-45(67)21-30-69)59-35-40-11-18-50(60-36-40)71-31-9-22-64-26-28-65(29-27-64)38-39-19-24-66(25-20-39)44-15-12-42(13-16-44)52(70)63-53-55(2,3)54(56(53,4)5)72-46-17-14-43(34-58)47(57)32-46/h11-18,32-33,36-37,39,45,53-54,59,69H,6-10,19-31,35,38H2,1-5H3,(H,63,70). The van der Waals surface area contributed by atoms with E-state index in [1.54, 1.807) is 18.2 Å². The van der Waals surface area contributed by atoms with Crippen molar-refractivity contribution in [3.05, 3.63) is 100 Å². The number of nitriles is 1. The van der Waals surface area contributed by atoms with Crippen LogP contribution in [0.2, 0.25) is 5.02 Å². The van der Waals surface area contributed by atoms with Gasteiger partial charge in [0.25, 0.3) is 5.91 Å². The van der Waals surface area contributed by atoms with Crippen molar-refractivity contribution in [2.75, 3.05) is 87.2 Å². The van der Waals surface area contributed by atoms with Crippen molar-refractivity contribution in [2.24, 2.45) is 16.7 Å². The number of carbonyl (C=O) groups excluding carboxylic acids is 1. The third-order valence-electron chi connectivity index (χ3n) is 16.0. The van der Waals surface area contributed by atoms with Crippen LogP contribution in [-0.2, 0) is 13.0 Å². The fourth-order valence-electron chi connectivity index (χ4n) is 12.1. The maximum absolute atomic E-state index is 13.6. The van der Waals surface area contributed by atoms with Crippen LogP contribution in [0.25, 0.3) is 5.65 Å². The number of rotatable bonds is 19. The lowest BCUT2D eigenvalue weighted by atomic mass is 9.49. The number of hydrogen-bond donors (Lipinski definition) is 3. The molecule has 4 fully saturated rings. The number of nitrogens with one attached hydrogen (secondary N) is 2. The van der Waals surface area contributed by atoms with Crippen molar-refractivity contribution in [1.82, 2.24) is 34.7 Å². The first-order valence-electron chi connectivity index (χ1n) is 26.4. The molecule has 1 aliphatic carbocycles. The van der Waals surface area contributed by atoms with Crippen LogP contribution in [0.4, 0.5) is 17.3 Å². The lowest BCUT2D eigenvalue weighted by Crippen LogP contribution is -2.74. The summed E-state index contributed by atoms with van der Waals surface area (Å²) in [5, 5.41) is 31.0. The zero-order chi connectivity index (χ0) is 50.4. The van der Waals surface area contributed by atoms with E-state index in [0.29, 0.717) is 52.9 Å². The number of fused-ring (bicyclic) bond motifs is 1. The molecule has 1 atom stereocenters. The Balaban J connectivity index is 0.658. The van der Waals surface area contributed by atoms with Crippen LogP contribution < -0.4 is 29.9 Å². The van der Waals surface area contributed by atoms with E-state index >= 15 is 0 Å². The molecule has 5 aromatic rings. The lowest BCUT2D eigenvalue weighted by Gasteiger charge is -2.63. The van der Waals surface area contributed by atoms with Crippen molar-refractivity contribution in [3.63, 3.8) is 0 Å². The number of benzene rings is 2. The average molecular weight is 1000 g/mol. The lowest BCUT2D eigenvalue weighted by molar-refractivity contribution is -0.164. The molecule has 1 unspecified atom stereocenters. The Bertz CT molecular complexity index is 2640. The van der Waals surface area contributed by atoms with Crippen LogP contribution in [-0.4, -0.2) is 131 Å². The van der Waals surface area contributed by atoms with Crippen LogP contribution in [0.5, 0.6) is 11.6 Å². The van der Waals surface area contributed by atoms with E-state index < -0.39 is 0 Å². The van der Waals surface area contributed by atoms with Gasteiger partial charge < -0.3 is 44.8 Å². The molecule has 72 heavy (non-hydrogen) atoms. The van der Waals surface area contributed by atoms with E-state index in [1.165, 1.54) is 24.9 Å². The molecule has 0 radical (unpaired) electrons. The number of nitrogens with zero attached hydrogens (tertiary/aromatic N) is 9. The van der Waals surface area contributed by atoms with Crippen molar-refractivity contribution in [2.45, 2.75) is 111 Å². The third-order valence-corrected chi connectivity index (χ3v) is 16.3. The van der Waals surface area contributed by atoms with Crippen molar-refractivity contribution in [3.8, 4) is 17.7 Å². The quantitative estimate of drug-likeness (QED) is 0.0677. The molecule has 16 heteroatoms. The first-order valence-corrected chi connectivity index (χ1v) is 26.8. The van der Waals surface area contributed by atoms with Crippen LogP contribution in [0.3, 0.4) is 0 Å². The fraction of sp³-hybridized carbons (Fsp3) is 0.554. The summed E-state index contributed by atoms with van der Waals surface area (Å²) in [6, 6.07) is 21.6. The predicted molar refractivity (Wildman–Crippen MR) is 284 cm³/mol. The molecule has 2 aromatic carbocycles. The number of ether oxygens (including phenoxy) is 2. The molecular weight excluding hydrogens is 926 g/mol. The predicted octanol–water partition coefficient (Wildman–Crippen LogP) is 8.48. The summed E-state index contributed by atoms with van der Waals surface area (Å²) >= 11 is 6.28. The second-order valence-electron chi connectivity index (χ2n) is 21.6. The van der Waals surface area contributed by atoms with Gasteiger partial charge in [-0.3, -0.25) is 4.79 Å². The van der Waals surface area contributed by atoms with E-state index in [0.717, 1.165) is 119 Å². The number of anilines is 3. The van der Waals surface area contributed by atoms with E-state index in [-0.39, 0.29) is 35.5 Å². The number of hydrogen-bond acceptors (Lipinski definition) is 13. The minimum Gasteiger partial charge on any atom is -0.489 e. The van der Waals surface area contributed by atoms with E-state index in [2.05, 4.69) is 105 Å². The van der Waals surface area contributed by atoms with E-state index in [9.17, 15) is 15.2 Å². The second-order valence-corrected chi connectivity index (χ2v) is 22.0. The number of carbonyl (C=O) groups is 1. The molecule has 1 amide bonds. The Morgan fingerprint density at radius 3 is 2.38 bits per heavy atom. The number of aryl methyl sites for hydroxylation is 1. The molecule has 1 saturated carbocycles. The van der Waals surface area contributed by atoms with Gasteiger partial charge in [0.1, 0.15) is 29.6 Å². The number of aliphatic hydroxyl groups excluding tert-OH is 1. The number of piperazine rings is 1. The summed E-state index contributed by atoms with van der Waals surface area (Å²) in [6.07, 6.45) is 11.9. The summed E-state index contributed by atoms with van der Waals surface area (Å²) in [7, 11) is 0. The van der Waals surface area contributed by atoms with Crippen molar-refractivity contribution >= 4 is 40.5 Å². The Labute approximate surface area is 430 Å². The summed E-state index contributed by atoms with van der Waals surface area (Å²) in [6.45, 7) is 21.6. The molecule has 3 aromatic heterocycles. The van der Waals surface area contributed by atoms with Gasteiger partial charge in [0.15, 0.2) is 5.65 Å². The maximum atomic E-state index is 13.6. The Morgan fingerprint density at radius 1 is 0.917 bits per heavy atom. The molecule has 6 heterocycles. The first kappa shape index (κ1) is 51.2. The highest BCUT2D eigenvalue weighted by Gasteiger charge is 2.64. The van der Waals surface area contributed by atoms with E-state index in [1.807, 2.05) is 35.1 Å². The van der Waals surface area contributed by atoms with Gasteiger partial charge in [-0.05, 0) is 99.2 Å². The van der Waals surface area contributed by atoms with Gasteiger partial charge in [-0.1, -0.05) is 52.3 Å². The van der Waals surface area contributed by atoms with Gasteiger partial charge in [0.05, 0.1) is 23.4 Å². The number of aliphatic hydroxyl groups is 1. The molecule has 384 valence electrons. The molecule has 3 N–H and O–H groups in total. The van der Waals surface area contributed by atoms with Gasteiger partial charge in [-0.15, -0.1) is 0 Å². The van der Waals surface area contributed by atoms with Crippen LogP contribution >= 0.6 is 11.6 Å². The largest absolute Gasteiger partial charge is 0.489 e. The molecule has 3 aliphatic heterocycles.